The standard InChI is InChI=1S/C9H12N2/c1-3-8-5-6-11-9(7-8)10-4-2/h4-7H,2-3H2,1H3,(H,10,11). The van der Waals surface area contributed by atoms with Gasteiger partial charge in [0.15, 0.2) is 0 Å². The Balaban J connectivity index is 2.82. The monoisotopic (exact) mass is 148 g/mol. The summed E-state index contributed by atoms with van der Waals surface area (Å²) in [5, 5.41) is 2.94. The Kier molecular flexibility index (Phi) is 2.66. The van der Waals surface area contributed by atoms with Crippen LogP contribution in [0.3, 0.4) is 0 Å². The number of anilines is 1. The van der Waals surface area contributed by atoms with Gasteiger partial charge in [-0.2, -0.15) is 0 Å². The zero-order valence-electron chi connectivity index (χ0n) is 6.67. The number of nitrogens with one attached hydrogen (secondary N) is 1. The normalized spacial score (nSPS) is 9.18. The number of hydrogen-bond acceptors (Lipinski definition) is 2. The van der Waals surface area contributed by atoms with Crippen molar-refractivity contribution in [1.29, 1.82) is 0 Å². The van der Waals surface area contributed by atoms with E-state index in [0.29, 0.717) is 0 Å². The summed E-state index contributed by atoms with van der Waals surface area (Å²) in [5.74, 6) is 0.861. The Hall–Kier alpha value is -1.31. The molecule has 0 aliphatic heterocycles. The molecule has 2 nitrogen and oxygen atoms in total. The molecule has 0 aliphatic rings. The van der Waals surface area contributed by atoms with Gasteiger partial charge in [0.2, 0.25) is 0 Å². The van der Waals surface area contributed by atoms with Crippen LogP contribution in [0.2, 0.25) is 0 Å². The van der Waals surface area contributed by atoms with E-state index >= 15 is 0 Å². The van der Waals surface area contributed by atoms with Gasteiger partial charge < -0.3 is 5.32 Å². The molecule has 2 heteroatoms. The van der Waals surface area contributed by atoms with E-state index < -0.39 is 0 Å². The first-order valence-electron chi connectivity index (χ1n) is 3.69. The van der Waals surface area contributed by atoms with Crippen molar-refractivity contribution < 1.29 is 0 Å². The van der Waals surface area contributed by atoms with Crippen LogP contribution in [0.4, 0.5) is 5.82 Å². The van der Waals surface area contributed by atoms with E-state index in [9.17, 15) is 0 Å². The first-order chi connectivity index (χ1) is 5.36. The summed E-state index contributed by atoms with van der Waals surface area (Å²) in [6.45, 7) is 5.68. The molecular weight excluding hydrogens is 136 g/mol. The van der Waals surface area contributed by atoms with Crippen molar-refractivity contribution in [3.8, 4) is 0 Å². The number of nitrogens with zero attached hydrogens (tertiary/aromatic N) is 1. The van der Waals surface area contributed by atoms with Crippen molar-refractivity contribution in [2.45, 2.75) is 13.3 Å². The van der Waals surface area contributed by atoms with Gasteiger partial charge in [0.25, 0.3) is 0 Å². The van der Waals surface area contributed by atoms with E-state index in [0.717, 1.165) is 12.2 Å². The molecule has 1 aromatic rings. The average Bonchev–Trinajstić information content (AvgIpc) is 2.06. The highest BCUT2D eigenvalue weighted by Gasteiger charge is 1.91. The predicted octanol–water partition coefficient (Wildman–Crippen LogP) is 2.20. The second-order valence-electron chi connectivity index (χ2n) is 2.25. The summed E-state index contributed by atoms with van der Waals surface area (Å²) in [6.07, 6.45) is 4.46. The van der Waals surface area contributed by atoms with Gasteiger partial charge in [-0.1, -0.05) is 13.5 Å². The van der Waals surface area contributed by atoms with Crippen LogP contribution >= 0.6 is 0 Å². The molecule has 0 atom stereocenters. The van der Waals surface area contributed by atoms with Gasteiger partial charge in [0, 0.05) is 6.20 Å². The van der Waals surface area contributed by atoms with Crippen LogP contribution in [0.25, 0.3) is 0 Å². The molecule has 0 aromatic carbocycles. The molecular formula is C9H12N2. The zero-order chi connectivity index (χ0) is 8.10. The summed E-state index contributed by atoms with van der Waals surface area (Å²) in [5.41, 5.74) is 1.28. The number of aromatic nitrogens is 1. The highest BCUT2D eigenvalue weighted by molar-refractivity contribution is 5.39. The lowest BCUT2D eigenvalue weighted by atomic mass is 10.2. The molecule has 0 fully saturated rings. The van der Waals surface area contributed by atoms with Crippen molar-refractivity contribution in [3.63, 3.8) is 0 Å². The van der Waals surface area contributed by atoms with Crippen LogP contribution in [0.1, 0.15) is 12.5 Å². The first-order valence-corrected chi connectivity index (χ1v) is 3.69. The van der Waals surface area contributed by atoms with Crippen molar-refractivity contribution in [1.82, 2.24) is 4.98 Å². The van der Waals surface area contributed by atoms with Gasteiger partial charge in [0.05, 0.1) is 0 Å². The Labute approximate surface area is 67.0 Å². The fraction of sp³-hybridized carbons (Fsp3) is 0.222. The van der Waals surface area contributed by atoms with E-state index in [-0.39, 0.29) is 0 Å². The third-order valence-corrected chi connectivity index (χ3v) is 1.48. The quantitative estimate of drug-likeness (QED) is 0.710. The molecule has 0 saturated heterocycles. The van der Waals surface area contributed by atoms with E-state index in [2.05, 4.69) is 23.8 Å². The topological polar surface area (TPSA) is 24.9 Å². The lowest BCUT2D eigenvalue weighted by Gasteiger charge is -2.00. The van der Waals surface area contributed by atoms with E-state index in [1.165, 1.54) is 5.56 Å². The molecule has 1 rings (SSSR count). The van der Waals surface area contributed by atoms with Crippen molar-refractivity contribution in [2.75, 3.05) is 5.32 Å². The smallest absolute Gasteiger partial charge is 0.130 e. The van der Waals surface area contributed by atoms with Gasteiger partial charge >= 0.3 is 0 Å². The van der Waals surface area contributed by atoms with Crippen molar-refractivity contribution in [3.05, 3.63) is 36.7 Å². The van der Waals surface area contributed by atoms with E-state index in [1.54, 1.807) is 12.4 Å². The van der Waals surface area contributed by atoms with Crippen LogP contribution < -0.4 is 5.32 Å². The summed E-state index contributed by atoms with van der Waals surface area (Å²) in [6, 6.07) is 4.02. The molecule has 1 aromatic heterocycles. The molecule has 58 valence electrons. The number of pyridine rings is 1. The third kappa shape index (κ3) is 2.08. The maximum absolute atomic E-state index is 4.09. The van der Waals surface area contributed by atoms with E-state index in [1.807, 2.05) is 12.1 Å². The molecule has 0 unspecified atom stereocenters. The fourth-order valence-corrected chi connectivity index (χ4v) is 0.878. The number of rotatable bonds is 3. The highest BCUT2D eigenvalue weighted by Crippen LogP contribution is 2.06. The van der Waals surface area contributed by atoms with Crippen LogP contribution in [0, 0.1) is 0 Å². The van der Waals surface area contributed by atoms with Gasteiger partial charge in [-0.15, -0.1) is 0 Å². The molecule has 0 radical (unpaired) electrons. The van der Waals surface area contributed by atoms with Gasteiger partial charge in [-0.25, -0.2) is 4.98 Å². The van der Waals surface area contributed by atoms with Gasteiger partial charge in [0.1, 0.15) is 5.82 Å². The molecule has 0 bridgehead atoms. The Morgan fingerprint density at radius 1 is 1.73 bits per heavy atom. The van der Waals surface area contributed by atoms with Crippen LogP contribution in [-0.4, -0.2) is 4.98 Å². The highest BCUT2D eigenvalue weighted by atomic mass is 15.0. The number of aryl methyl sites for hydroxylation is 1. The molecule has 0 aliphatic carbocycles. The minimum atomic E-state index is 0.861. The van der Waals surface area contributed by atoms with E-state index in [4.69, 9.17) is 0 Å². The van der Waals surface area contributed by atoms with Crippen molar-refractivity contribution >= 4 is 5.82 Å². The summed E-state index contributed by atoms with van der Waals surface area (Å²) in [7, 11) is 0. The summed E-state index contributed by atoms with van der Waals surface area (Å²) >= 11 is 0. The SMILES string of the molecule is C=CNc1cc(CC)ccn1. The first kappa shape index (κ1) is 7.79. The van der Waals surface area contributed by atoms with Crippen LogP contribution in [0.15, 0.2) is 31.1 Å². The number of hydrogen-bond donors (Lipinski definition) is 1. The summed E-state index contributed by atoms with van der Waals surface area (Å²) in [4.78, 5) is 4.09. The van der Waals surface area contributed by atoms with Crippen LogP contribution in [-0.2, 0) is 6.42 Å². The van der Waals surface area contributed by atoms with Crippen molar-refractivity contribution in [2.24, 2.45) is 0 Å². The Bertz CT molecular complexity index is 243. The Morgan fingerprint density at radius 2 is 2.55 bits per heavy atom. The zero-order valence-corrected chi connectivity index (χ0v) is 6.67. The third-order valence-electron chi connectivity index (χ3n) is 1.48. The molecule has 1 heterocycles. The second-order valence-corrected chi connectivity index (χ2v) is 2.25. The largest absolute Gasteiger partial charge is 0.347 e. The molecule has 0 spiro atoms. The van der Waals surface area contributed by atoms with Gasteiger partial charge in [-0.3, -0.25) is 0 Å². The lowest BCUT2D eigenvalue weighted by Crippen LogP contribution is -1.91. The Morgan fingerprint density at radius 3 is 3.18 bits per heavy atom. The second kappa shape index (κ2) is 3.76. The van der Waals surface area contributed by atoms with Crippen LogP contribution in [0.5, 0.6) is 0 Å². The minimum absolute atomic E-state index is 0.861. The molecule has 11 heavy (non-hydrogen) atoms. The van der Waals surface area contributed by atoms with Gasteiger partial charge in [-0.05, 0) is 30.3 Å². The molecule has 0 saturated carbocycles. The molecule has 1 N–H and O–H groups in total. The maximum Gasteiger partial charge on any atom is 0.130 e. The minimum Gasteiger partial charge on any atom is -0.347 e. The summed E-state index contributed by atoms with van der Waals surface area (Å²) < 4.78 is 0. The lowest BCUT2D eigenvalue weighted by molar-refractivity contribution is 1.12. The molecule has 0 amide bonds. The predicted molar refractivity (Wildman–Crippen MR) is 47.4 cm³/mol. The maximum atomic E-state index is 4.09. The fourth-order valence-electron chi connectivity index (χ4n) is 0.878. The average molecular weight is 148 g/mol.